The van der Waals surface area contributed by atoms with Crippen molar-refractivity contribution in [1.82, 2.24) is 4.57 Å². The third-order valence-electron chi connectivity index (χ3n) is 4.12. The van der Waals surface area contributed by atoms with E-state index >= 15 is 0 Å². The van der Waals surface area contributed by atoms with E-state index in [4.69, 9.17) is 4.74 Å². The van der Waals surface area contributed by atoms with E-state index in [9.17, 15) is 0 Å². The molecule has 3 aromatic rings. The van der Waals surface area contributed by atoms with Crippen LogP contribution in [0, 0.1) is 6.92 Å². The van der Waals surface area contributed by atoms with Gasteiger partial charge in [0.15, 0.2) is 6.23 Å². The van der Waals surface area contributed by atoms with E-state index in [1.54, 1.807) is 7.11 Å². The highest BCUT2D eigenvalue weighted by Crippen LogP contribution is 2.30. The van der Waals surface area contributed by atoms with Gasteiger partial charge in [0, 0.05) is 18.4 Å². The smallest absolute Gasteiger partial charge is 0.160 e. The second kappa shape index (κ2) is 6.37. The molecule has 0 amide bonds. The first-order valence-corrected chi connectivity index (χ1v) is 7.92. The third kappa shape index (κ3) is 2.67. The van der Waals surface area contributed by atoms with Gasteiger partial charge in [-0.1, -0.05) is 61.4 Å². The third-order valence-corrected chi connectivity index (χ3v) is 4.12. The normalized spacial score (nSPS) is 12.7. The van der Waals surface area contributed by atoms with Crippen LogP contribution in [0.2, 0.25) is 0 Å². The van der Waals surface area contributed by atoms with Crippen molar-refractivity contribution in [2.24, 2.45) is 0 Å². The molecule has 1 unspecified atom stereocenters. The van der Waals surface area contributed by atoms with Crippen molar-refractivity contribution >= 4 is 10.9 Å². The summed E-state index contributed by atoms with van der Waals surface area (Å²) in [7, 11) is 1.79. The number of rotatable bonds is 5. The lowest BCUT2D eigenvalue weighted by Crippen LogP contribution is -2.15. The van der Waals surface area contributed by atoms with Crippen molar-refractivity contribution in [1.29, 1.82) is 0 Å². The van der Waals surface area contributed by atoms with E-state index in [0.29, 0.717) is 0 Å². The Morgan fingerprint density at radius 3 is 2.59 bits per heavy atom. The zero-order chi connectivity index (χ0) is 15.5. The zero-order valence-electron chi connectivity index (χ0n) is 13.5. The predicted molar refractivity (Wildman–Crippen MR) is 92.3 cm³/mol. The van der Waals surface area contributed by atoms with E-state index in [1.807, 2.05) is 0 Å². The van der Waals surface area contributed by atoms with Gasteiger partial charge in [-0.2, -0.15) is 0 Å². The lowest BCUT2D eigenvalue weighted by molar-refractivity contribution is 0.0800. The Hall–Kier alpha value is -2.06. The first-order valence-electron chi connectivity index (χ1n) is 7.92. The number of hydrogen-bond donors (Lipinski definition) is 0. The van der Waals surface area contributed by atoms with E-state index in [2.05, 4.69) is 73.0 Å². The van der Waals surface area contributed by atoms with Crippen molar-refractivity contribution < 1.29 is 4.74 Å². The van der Waals surface area contributed by atoms with E-state index in [-0.39, 0.29) is 6.23 Å². The maximum Gasteiger partial charge on any atom is 0.160 e. The summed E-state index contributed by atoms with van der Waals surface area (Å²) in [4.78, 5) is 0. The largest absolute Gasteiger partial charge is 0.357 e. The molecule has 0 spiro atoms. The van der Waals surface area contributed by atoms with Crippen molar-refractivity contribution in [2.75, 3.05) is 7.11 Å². The molecular weight excluding hydrogens is 270 g/mol. The SMILES string of the molecule is CCCc1cc2ccccc2n1C(OC)c1cccc(C)c1. The lowest BCUT2D eigenvalue weighted by Gasteiger charge is -2.22. The molecule has 0 aliphatic heterocycles. The standard InChI is InChI=1S/C20H23NO/c1-4-8-18-14-16-10-5-6-12-19(16)21(18)20(22-3)17-11-7-9-15(2)13-17/h5-7,9-14,20H,4,8H2,1-3H3. The van der Waals surface area contributed by atoms with Crippen molar-refractivity contribution in [2.45, 2.75) is 32.9 Å². The molecule has 1 heterocycles. The van der Waals surface area contributed by atoms with Crippen molar-refractivity contribution in [3.8, 4) is 0 Å². The molecule has 1 aromatic heterocycles. The lowest BCUT2D eigenvalue weighted by atomic mass is 10.1. The summed E-state index contributed by atoms with van der Waals surface area (Å²) >= 11 is 0. The van der Waals surface area contributed by atoms with Crippen LogP contribution in [0.3, 0.4) is 0 Å². The van der Waals surface area contributed by atoms with Crippen LogP contribution in [-0.4, -0.2) is 11.7 Å². The molecule has 2 aromatic carbocycles. The topological polar surface area (TPSA) is 14.2 Å². The highest BCUT2D eigenvalue weighted by molar-refractivity contribution is 5.81. The highest BCUT2D eigenvalue weighted by Gasteiger charge is 2.18. The fourth-order valence-corrected chi connectivity index (χ4v) is 3.17. The van der Waals surface area contributed by atoms with E-state index in [0.717, 1.165) is 12.8 Å². The van der Waals surface area contributed by atoms with Crippen molar-refractivity contribution in [3.05, 3.63) is 71.4 Å². The number of methoxy groups -OCH3 is 1. The van der Waals surface area contributed by atoms with Gasteiger partial charge < -0.3 is 9.30 Å². The van der Waals surface area contributed by atoms with Crippen LogP contribution in [0.4, 0.5) is 0 Å². The van der Waals surface area contributed by atoms with Gasteiger partial charge in [0.25, 0.3) is 0 Å². The van der Waals surface area contributed by atoms with Crippen LogP contribution in [0.1, 0.15) is 36.4 Å². The summed E-state index contributed by atoms with van der Waals surface area (Å²) in [5.41, 5.74) is 5.02. The Labute approximate surface area is 132 Å². The Kier molecular flexibility index (Phi) is 4.30. The van der Waals surface area contributed by atoms with Gasteiger partial charge in [0.1, 0.15) is 0 Å². The average Bonchev–Trinajstić information content (AvgIpc) is 2.87. The quantitative estimate of drug-likeness (QED) is 0.638. The molecule has 22 heavy (non-hydrogen) atoms. The molecule has 0 aliphatic carbocycles. The molecule has 0 radical (unpaired) electrons. The van der Waals surface area contributed by atoms with Crippen molar-refractivity contribution in [3.63, 3.8) is 0 Å². The minimum Gasteiger partial charge on any atom is -0.357 e. The van der Waals surface area contributed by atoms with E-state index in [1.165, 1.54) is 27.7 Å². The minimum absolute atomic E-state index is 0.0821. The van der Waals surface area contributed by atoms with Crippen LogP contribution in [0.15, 0.2) is 54.6 Å². The molecule has 0 N–H and O–H groups in total. The minimum atomic E-state index is -0.0821. The van der Waals surface area contributed by atoms with Gasteiger partial charge in [0.2, 0.25) is 0 Å². The fourth-order valence-electron chi connectivity index (χ4n) is 3.17. The molecule has 3 rings (SSSR count). The Morgan fingerprint density at radius 1 is 1.05 bits per heavy atom. The molecule has 0 aliphatic rings. The number of para-hydroxylation sites is 1. The van der Waals surface area contributed by atoms with Gasteiger partial charge in [0.05, 0.1) is 5.52 Å². The number of benzene rings is 2. The predicted octanol–water partition coefficient (Wildman–Crippen LogP) is 5.10. The Morgan fingerprint density at radius 2 is 1.86 bits per heavy atom. The molecule has 0 bridgehead atoms. The van der Waals surface area contributed by atoms with Crippen LogP contribution in [0.5, 0.6) is 0 Å². The average molecular weight is 293 g/mol. The van der Waals surface area contributed by atoms with Gasteiger partial charge in [-0.3, -0.25) is 0 Å². The first-order chi connectivity index (χ1) is 10.7. The number of hydrogen-bond acceptors (Lipinski definition) is 1. The molecule has 114 valence electrons. The maximum atomic E-state index is 5.89. The molecular formula is C20H23NO. The van der Waals surface area contributed by atoms with Crippen LogP contribution >= 0.6 is 0 Å². The summed E-state index contributed by atoms with van der Waals surface area (Å²) in [6, 6.07) is 19.4. The van der Waals surface area contributed by atoms with Crippen LogP contribution in [-0.2, 0) is 11.2 Å². The number of aromatic nitrogens is 1. The molecule has 2 heteroatoms. The molecule has 0 saturated heterocycles. The Bertz CT molecular complexity index is 772. The number of aryl methyl sites for hydroxylation is 2. The summed E-state index contributed by atoms with van der Waals surface area (Å²) < 4.78 is 8.23. The molecule has 2 nitrogen and oxygen atoms in total. The molecule has 0 fully saturated rings. The number of fused-ring (bicyclic) bond motifs is 1. The molecule has 0 saturated carbocycles. The molecule has 1 atom stereocenters. The maximum absolute atomic E-state index is 5.89. The van der Waals surface area contributed by atoms with Gasteiger partial charge in [-0.25, -0.2) is 0 Å². The highest BCUT2D eigenvalue weighted by atomic mass is 16.5. The monoisotopic (exact) mass is 293 g/mol. The number of ether oxygens (including phenoxy) is 1. The summed E-state index contributed by atoms with van der Waals surface area (Å²) in [5.74, 6) is 0. The zero-order valence-corrected chi connectivity index (χ0v) is 13.5. The summed E-state index contributed by atoms with van der Waals surface area (Å²) in [5, 5.41) is 1.28. The van der Waals surface area contributed by atoms with Crippen LogP contribution < -0.4 is 0 Å². The van der Waals surface area contributed by atoms with E-state index < -0.39 is 0 Å². The van der Waals surface area contributed by atoms with Gasteiger partial charge in [-0.05, 0) is 30.9 Å². The van der Waals surface area contributed by atoms with Gasteiger partial charge >= 0.3 is 0 Å². The number of nitrogens with zero attached hydrogens (tertiary/aromatic N) is 1. The Balaban J connectivity index is 2.19. The van der Waals surface area contributed by atoms with Gasteiger partial charge in [-0.15, -0.1) is 0 Å². The fraction of sp³-hybridized carbons (Fsp3) is 0.300. The summed E-state index contributed by atoms with van der Waals surface area (Å²) in [6.07, 6.45) is 2.10. The second-order valence-electron chi connectivity index (χ2n) is 5.82. The first kappa shape index (κ1) is 14.9. The summed E-state index contributed by atoms with van der Waals surface area (Å²) in [6.45, 7) is 4.34. The van der Waals surface area contributed by atoms with Crippen LogP contribution in [0.25, 0.3) is 10.9 Å². The second-order valence-corrected chi connectivity index (χ2v) is 5.82.